The van der Waals surface area contributed by atoms with Crippen molar-refractivity contribution in [3.63, 3.8) is 0 Å². The van der Waals surface area contributed by atoms with Gasteiger partial charge in [0.1, 0.15) is 11.5 Å². The molecule has 7 heteroatoms. The van der Waals surface area contributed by atoms with Gasteiger partial charge < -0.3 is 4.40 Å². The van der Waals surface area contributed by atoms with Crippen LogP contribution in [0, 0.1) is 12.7 Å². The molecule has 0 amide bonds. The fourth-order valence-corrected chi connectivity index (χ4v) is 6.01. The number of nitrogens with zero attached hydrogens (tertiary/aromatic N) is 2. The number of pyridine rings is 1. The van der Waals surface area contributed by atoms with Gasteiger partial charge in [-0.15, -0.1) is 0 Å². The van der Waals surface area contributed by atoms with Gasteiger partial charge in [0, 0.05) is 21.6 Å². The van der Waals surface area contributed by atoms with E-state index < -0.39 is 10.0 Å². The number of halogens is 1. The van der Waals surface area contributed by atoms with Crippen LogP contribution in [-0.4, -0.2) is 18.5 Å². The molecule has 0 bridgehead atoms. The molecule has 3 aromatic carbocycles. The van der Waals surface area contributed by atoms with E-state index in [4.69, 9.17) is 0 Å². The largest absolute Gasteiger partial charge is 0.314 e. The zero-order valence-electron chi connectivity index (χ0n) is 18.8. The maximum Gasteiger partial charge on any atom is 0.282 e. The molecule has 0 saturated heterocycles. The molecule has 0 fully saturated rings. The topological polar surface area (TPSA) is 50.9 Å². The van der Waals surface area contributed by atoms with Crippen molar-refractivity contribution in [2.45, 2.75) is 21.6 Å². The minimum absolute atomic E-state index is 0.132. The standard InChI is InChI=1S/C28H21FN2O2S2/c1-20-27(31-19-9-8-14-25(31)28(20)34-23-17-15-22(29)16-18-23)26(21-10-4-2-5-11-21)30-35(32,33)24-12-6-3-7-13-24/h2-19H,1H3. The summed E-state index contributed by atoms with van der Waals surface area (Å²) in [7, 11) is -3.97. The van der Waals surface area contributed by atoms with Gasteiger partial charge in [0.05, 0.1) is 16.1 Å². The van der Waals surface area contributed by atoms with Gasteiger partial charge >= 0.3 is 0 Å². The lowest BCUT2D eigenvalue weighted by molar-refractivity contribution is 0.598. The molecule has 35 heavy (non-hydrogen) atoms. The second kappa shape index (κ2) is 9.52. The number of rotatable bonds is 6. The third-order valence-electron chi connectivity index (χ3n) is 5.59. The molecule has 0 aliphatic carbocycles. The van der Waals surface area contributed by atoms with Gasteiger partial charge in [-0.1, -0.05) is 66.4 Å². The minimum atomic E-state index is -3.97. The maximum atomic E-state index is 13.5. The molecule has 2 heterocycles. The molecular formula is C28H21FN2O2S2. The zero-order chi connectivity index (χ0) is 24.4. The SMILES string of the molecule is Cc1c(Sc2ccc(F)cc2)c2ccccn2c1C(=NS(=O)(=O)c1ccccc1)c1ccccc1. The van der Waals surface area contributed by atoms with E-state index in [1.54, 1.807) is 42.5 Å². The van der Waals surface area contributed by atoms with E-state index >= 15 is 0 Å². The first-order chi connectivity index (χ1) is 16.9. The molecule has 0 N–H and O–H groups in total. The summed E-state index contributed by atoms with van der Waals surface area (Å²) in [6.07, 6.45) is 1.90. The van der Waals surface area contributed by atoms with Crippen molar-refractivity contribution in [3.8, 4) is 0 Å². The van der Waals surface area contributed by atoms with Gasteiger partial charge in [-0.3, -0.25) is 0 Å². The molecule has 174 valence electrons. The molecule has 0 spiro atoms. The predicted molar refractivity (Wildman–Crippen MR) is 138 cm³/mol. The Morgan fingerprint density at radius 1 is 0.829 bits per heavy atom. The average Bonchev–Trinajstić information content (AvgIpc) is 3.16. The first kappa shape index (κ1) is 23.1. The third kappa shape index (κ3) is 4.65. The number of benzene rings is 3. The van der Waals surface area contributed by atoms with E-state index in [9.17, 15) is 12.8 Å². The molecule has 5 rings (SSSR count). The van der Waals surface area contributed by atoms with Crippen LogP contribution in [0.5, 0.6) is 0 Å². The molecular weight excluding hydrogens is 479 g/mol. The lowest BCUT2D eigenvalue weighted by Crippen LogP contribution is -2.12. The van der Waals surface area contributed by atoms with E-state index in [0.717, 1.165) is 20.9 Å². The van der Waals surface area contributed by atoms with Crippen LogP contribution < -0.4 is 0 Å². The van der Waals surface area contributed by atoms with Gasteiger partial charge in [0.2, 0.25) is 0 Å². The van der Waals surface area contributed by atoms with Crippen molar-refractivity contribution in [2.75, 3.05) is 0 Å². The minimum Gasteiger partial charge on any atom is -0.314 e. The highest BCUT2D eigenvalue weighted by Crippen LogP contribution is 2.38. The lowest BCUT2D eigenvalue weighted by atomic mass is 10.1. The lowest BCUT2D eigenvalue weighted by Gasteiger charge is -2.10. The molecule has 5 aromatic rings. The van der Waals surface area contributed by atoms with Crippen LogP contribution in [-0.2, 0) is 10.0 Å². The van der Waals surface area contributed by atoms with Crippen molar-refractivity contribution in [1.82, 2.24) is 4.40 Å². The zero-order valence-corrected chi connectivity index (χ0v) is 20.4. The molecule has 2 aromatic heterocycles. The van der Waals surface area contributed by atoms with Gasteiger partial charge in [-0.2, -0.15) is 12.8 Å². The first-order valence-electron chi connectivity index (χ1n) is 10.9. The Bertz CT molecular complexity index is 1630. The van der Waals surface area contributed by atoms with E-state index in [2.05, 4.69) is 4.40 Å². The Kier molecular flexibility index (Phi) is 6.28. The monoisotopic (exact) mass is 500 g/mol. The second-order valence-corrected chi connectivity index (χ2v) is 10.6. The normalized spacial score (nSPS) is 12.2. The summed E-state index contributed by atoms with van der Waals surface area (Å²) in [4.78, 5) is 1.97. The van der Waals surface area contributed by atoms with Crippen molar-refractivity contribution in [3.05, 3.63) is 132 Å². The van der Waals surface area contributed by atoms with Crippen molar-refractivity contribution >= 4 is 33.0 Å². The first-order valence-corrected chi connectivity index (χ1v) is 13.2. The summed E-state index contributed by atoms with van der Waals surface area (Å²) < 4.78 is 46.5. The molecule has 0 unspecified atom stereocenters. The Hall–Kier alpha value is -3.68. The van der Waals surface area contributed by atoms with Crippen LogP contribution in [0.15, 0.2) is 128 Å². The van der Waals surface area contributed by atoms with Gasteiger partial charge in [-0.25, -0.2) is 4.39 Å². The second-order valence-electron chi connectivity index (χ2n) is 7.91. The summed E-state index contributed by atoms with van der Waals surface area (Å²) in [6, 6.07) is 29.7. The van der Waals surface area contributed by atoms with Gasteiger partial charge in [0.15, 0.2) is 0 Å². The number of aromatic nitrogens is 1. The van der Waals surface area contributed by atoms with Gasteiger partial charge in [-0.05, 0) is 61.0 Å². The molecule has 4 nitrogen and oxygen atoms in total. The van der Waals surface area contributed by atoms with Crippen LogP contribution in [0.4, 0.5) is 4.39 Å². The van der Waals surface area contributed by atoms with Crippen LogP contribution in [0.2, 0.25) is 0 Å². The number of hydrogen-bond donors (Lipinski definition) is 0. The van der Waals surface area contributed by atoms with Crippen molar-refractivity contribution in [1.29, 1.82) is 0 Å². The highest BCUT2D eigenvalue weighted by atomic mass is 32.2. The number of fused-ring (bicyclic) bond motifs is 1. The third-order valence-corrected chi connectivity index (χ3v) is 8.10. The predicted octanol–water partition coefficient (Wildman–Crippen LogP) is 6.76. The van der Waals surface area contributed by atoms with Crippen LogP contribution in [0.3, 0.4) is 0 Å². The molecule has 0 aliphatic heterocycles. The Labute approximate surface area is 207 Å². The van der Waals surface area contributed by atoms with Crippen molar-refractivity contribution in [2.24, 2.45) is 4.40 Å². The van der Waals surface area contributed by atoms with E-state index in [1.165, 1.54) is 23.9 Å². The van der Waals surface area contributed by atoms with Gasteiger partial charge in [0.25, 0.3) is 10.0 Å². The van der Waals surface area contributed by atoms with Crippen LogP contribution in [0.25, 0.3) is 5.52 Å². The Morgan fingerprint density at radius 3 is 2.14 bits per heavy atom. The summed E-state index contributed by atoms with van der Waals surface area (Å²) in [6.45, 7) is 1.96. The fourth-order valence-electron chi connectivity index (χ4n) is 3.94. The quantitative estimate of drug-likeness (QED) is 0.242. The van der Waals surface area contributed by atoms with Crippen LogP contribution in [0.1, 0.15) is 16.8 Å². The number of sulfonamides is 1. The smallest absolute Gasteiger partial charge is 0.282 e. The number of hydrogen-bond acceptors (Lipinski definition) is 3. The fraction of sp³-hybridized carbons (Fsp3) is 0.0357. The average molecular weight is 501 g/mol. The van der Waals surface area contributed by atoms with E-state index in [-0.39, 0.29) is 10.7 Å². The van der Waals surface area contributed by atoms with E-state index in [0.29, 0.717) is 17.0 Å². The highest BCUT2D eigenvalue weighted by Gasteiger charge is 2.24. The highest BCUT2D eigenvalue weighted by molar-refractivity contribution is 7.99. The Morgan fingerprint density at radius 2 is 1.46 bits per heavy atom. The van der Waals surface area contributed by atoms with Crippen LogP contribution >= 0.6 is 11.8 Å². The summed E-state index contributed by atoms with van der Waals surface area (Å²) in [5.74, 6) is -0.293. The van der Waals surface area contributed by atoms with Crippen molar-refractivity contribution < 1.29 is 12.8 Å². The maximum absolute atomic E-state index is 13.5. The summed E-state index contributed by atoms with van der Waals surface area (Å²) >= 11 is 1.51. The molecule has 0 aliphatic rings. The van der Waals surface area contributed by atoms with E-state index in [1.807, 2.05) is 66.1 Å². The molecule has 0 radical (unpaired) electrons. The Balaban J connectivity index is 1.75. The molecule has 0 atom stereocenters. The summed E-state index contributed by atoms with van der Waals surface area (Å²) in [5, 5.41) is 0. The summed E-state index contributed by atoms with van der Waals surface area (Å²) in [5.41, 5.74) is 3.54. The molecule has 0 saturated carbocycles.